The number of allylic oxidation sites excluding steroid dienone is 3. The summed E-state index contributed by atoms with van der Waals surface area (Å²) in [5.41, 5.74) is 0.808. The van der Waals surface area contributed by atoms with Gasteiger partial charge in [0.2, 0.25) is 0 Å². The van der Waals surface area contributed by atoms with Gasteiger partial charge in [-0.15, -0.1) is 0 Å². The van der Waals surface area contributed by atoms with Gasteiger partial charge in [-0.25, -0.2) is 4.79 Å². The van der Waals surface area contributed by atoms with E-state index in [1.807, 2.05) is 0 Å². The molecule has 0 aromatic rings. The van der Waals surface area contributed by atoms with Gasteiger partial charge in [0, 0.05) is 18.8 Å². The molecule has 0 saturated heterocycles. The molecule has 3 nitrogen and oxygen atoms in total. The Morgan fingerprint density at radius 2 is 2.23 bits per heavy atom. The first-order valence-corrected chi connectivity index (χ1v) is 4.09. The summed E-state index contributed by atoms with van der Waals surface area (Å²) in [4.78, 5) is 10.9. The van der Waals surface area contributed by atoms with E-state index in [1.165, 1.54) is 6.08 Å². The Morgan fingerprint density at radius 3 is 2.69 bits per heavy atom. The zero-order valence-corrected chi connectivity index (χ0v) is 8.04. The van der Waals surface area contributed by atoms with Gasteiger partial charge >= 0.3 is 5.97 Å². The topological polar surface area (TPSA) is 38.3 Å². The number of hydrogen-bond donors (Lipinski definition) is 1. The van der Waals surface area contributed by atoms with Gasteiger partial charge in [-0.3, -0.25) is 0 Å². The smallest absolute Gasteiger partial charge is 0.330 e. The van der Waals surface area contributed by atoms with Gasteiger partial charge in [-0.1, -0.05) is 12.7 Å². The third-order valence-corrected chi connectivity index (χ3v) is 1.27. The van der Waals surface area contributed by atoms with Crippen LogP contribution in [0.4, 0.5) is 0 Å². The summed E-state index contributed by atoms with van der Waals surface area (Å²) in [5, 5.41) is 2.90. The monoisotopic (exact) mass is 181 g/mol. The molecule has 0 unspecified atom stereocenters. The Kier molecular flexibility index (Phi) is 6.32. The van der Waals surface area contributed by atoms with Crippen LogP contribution < -0.4 is 5.32 Å². The van der Waals surface area contributed by atoms with Crippen LogP contribution >= 0.6 is 0 Å². The first kappa shape index (κ1) is 11.5. The molecule has 0 aliphatic rings. The van der Waals surface area contributed by atoms with Crippen molar-refractivity contribution in [1.82, 2.24) is 5.32 Å². The highest BCUT2D eigenvalue weighted by atomic mass is 16.5. The molecule has 1 N–H and O–H groups in total. The number of ether oxygens (including phenoxy) is 1. The fraction of sp³-hybridized carbons (Fsp3) is 0.300. The van der Waals surface area contributed by atoms with E-state index in [9.17, 15) is 4.79 Å². The second-order valence-electron chi connectivity index (χ2n) is 2.19. The van der Waals surface area contributed by atoms with Crippen molar-refractivity contribution in [3.63, 3.8) is 0 Å². The average Bonchev–Trinajstić information content (AvgIpc) is 2.12. The molecule has 0 aliphatic heterocycles. The minimum atomic E-state index is -0.340. The first-order chi connectivity index (χ1) is 6.24. The molecule has 0 heterocycles. The number of hydrogen-bond acceptors (Lipinski definition) is 3. The van der Waals surface area contributed by atoms with E-state index in [2.05, 4.69) is 11.9 Å². The lowest BCUT2D eigenvalue weighted by atomic mass is 10.3. The van der Waals surface area contributed by atoms with Crippen molar-refractivity contribution in [2.24, 2.45) is 0 Å². The molecule has 0 radical (unpaired) electrons. The molecule has 13 heavy (non-hydrogen) atoms. The number of likely N-dealkylation sites (N-methyl/N-ethyl adjacent to an activating group) is 1. The maximum Gasteiger partial charge on any atom is 0.330 e. The zero-order valence-electron chi connectivity index (χ0n) is 8.04. The molecular formula is C10H15NO2. The Hall–Kier alpha value is -1.51. The van der Waals surface area contributed by atoms with Crippen LogP contribution in [0.25, 0.3) is 0 Å². The van der Waals surface area contributed by atoms with Crippen LogP contribution in [0.15, 0.2) is 36.6 Å². The van der Waals surface area contributed by atoms with Crippen molar-refractivity contribution >= 4 is 5.97 Å². The van der Waals surface area contributed by atoms with Gasteiger partial charge in [0.15, 0.2) is 0 Å². The van der Waals surface area contributed by atoms with Crippen LogP contribution in [0.3, 0.4) is 0 Å². The van der Waals surface area contributed by atoms with Crippen molar-refractivity contribution in [1.29, 1.82) is 0 Å². The number of carbonyl (C=O) groups excluding carboxylic acids is 1. The summed E-state index contributed by atoms with van der Waals surface area (Å²) in [6.07, 6.45) is 6.41. The quantitative estimate of drug-likeness (QED) is 0.396. The van der Waals surface area contributed by atoms with E-state index in [0.717, 1.165) is 5.70 Å². The second-order valence-corrected chi connectivity index (χ2v) is 2.19. The second kappa shape index (κ2) is 7.16. The van der Waals surface area contributed by atoms with Crippen molar-refractivity contribution in [3.05, 3.63) is 36.6 Å². The van der Waals surface area contributed by atoms with Crippen molar-refractivity contribution in [2.75, 3.05) is 13.7 Å². The molecule has 0 aliphatic carbocycles. The fourth-order valence-corrected chi connectivity index (χ4v) is 0.697. The maximum atomic E-state index is 10.9. The Balaban J connectivity index is 4.14. The summed E-state index contributed by atoms with van der Waals surface area (Å²) >= 11 is 0. The van der Waals surface area contributed by atoms with Gasteiger partial charge in [-0.05, 0) is 19.1 Å². The minimum Gasteiger partial charge on any atom is -0.463 e. The molecule has 0 aromatic carbocycles. The molecule has 0 bridgehead atoms. The summed E-state index contributed by atoms with van der Waals surface area (Å²) in [5.74, 6) is -0.340. The highest BCUT2D eigenvalue weighted by Gasteiger charge is 1.93. The predicted octanol–water partition coefficient (Wildman–Crippen LogP) is 1.40. The van der Waals surface area contributed by atoms with E-state index < -0.39 is 0 Å². The molecule has 0 fully saturated rings. The number of esters is 1. The van der Waals surface area contributed by atoms with E-state index in [1.54, 1.807) is 32.2 Å². The fourth-order valence-electron chi connectivity index (χ4n) is 0.697. The Labute approximate surface area is 78.8 Å². The molecule has 0 spiro atoms. The van der Waals surface area contributed by atoms with Crippen LogP contribution in [0.2, 0.25) is 0 Å². The van der Waals surface area contributed by atoms with E-state index >= 15 is 0 Å². The molecule has 0 rings (SSSR count). The lowest BCUT2D eigenvalue weighted by Gasteiger charge is -1.98. The van der Waals surface area contributed by atoms with E-state index in [4.69, 9.17) is 4.74 Å². The first-order valence-electron chi connectivity index (χ1n) is 4.09. The van der Waals surface area contributed by atoms with Gasteiger partial charge in [0.05, 0.1) is 6.61 Å². The number of rotatable bonds is 5. The van der Waals surface area contributed by atoms with Gasteiger partial charge in [-0.2, -0.15) is 0 Å². The lowest BCUT2D eigenvalue weighted by Crippen LogP contribution is -2.04. The predicted molar refractivity (Wildman–Crippen MR) is 53.1 cm³/mol. The van der Waals surface area contributed by atoms with Crippen LogP contribution in [-0.2, 0) is 9.53 Å². The average molecular weight is 181 g/mol. The third-order valence-electron chi connectivity index (χ3n) is 1.27. The van der Waals surface area contributed by atoms with Crippen molar-refractivity contribution < 1.29 is 9.53 Å². The van der Waals surface area contributed by atoms with Crippen molar-refractivity contribution in [3.8, 4) is 0 Å². The zero-order chi connectivity index (χ0) is 10.1. The molecule has 0 saturated carbocycles. The van der Waals surface area contributed by atoms with Gasteiger partial charge in [0.25, 0.3) is 0 Å². The molecule has 72 valence electrons. The molecular weight excluding hydrogens is 166 g/mol. The molecule has 0 atom stereocenters. The number of nitrogens with one attached hydrogen (secondary N) is 1. The lowest BCUT2D eigenvalue weighted by molar-refractivity contribution is -0.137. The molecule has 0 aromatic heterocycles. The standard InChI is InChI=1S/C10H15NO2/c1-4-6-9(11-3)7-8-10(12)13-5-2/h4,6-8,11H,1,5H2,2-3H3/b8-7+,9-6-. The molecule has 0 amide bonds. The van der Waals surface area contributed by atoms with Crippen LogP contribution in [0, 0.1) is 0 Å². The van der Waals surface area contributed by atoms with Gasteiger partial charge in [0.1, 0.15) is 0 Å². The Morgan fingerprint density at radius 1 is 1.54 bits per heavy atom. The van der Waals surface area contributed by atoms with Crippen LogP contribution in [0.5, 0.6) is 0 Å². The van der Waals surface area contributed by atoms with Gasteiger partial charge < -0.3 is 10.1 Å². The number of carbonyl (C=O) groups is 1. The van der Waals surface area contributed by atoms with Crippen LogP contribution in [0.1, 0.15) is 6.92 Å². The van der Waals surface area contributed by atoms with Crippen LogP contribution in [-0.4, -0.2) is 19.6 Å². The largest absolute Gasteiger partial charge is 0.463 e. The summed E-state index contributed by atoms with van der Waals surface area (Å²) in [7, 11) is 1.77. The van der Waals surface area contributed by atoms with E-state index in [0.29, 0.717) is 6.61 Å². The SMILES string of the molecule is C=C/C=C(/C=C/C(=O)OCC)NC. The highest BCUT2D eigenvalue weighted by Crippen LogP contribution is 1.92. The minimum absolute atomic E-state index is 0.340. The molecule has 3 heteroatoms. The summed E-state index contributed by atoms with van der Waals surface area (Å²) in [6, 6.07) is 0. The maximum absolute atomic E-state index is 10.9. The summed E-state index contributed by atoms with van der Waals surface area (Å²) < 4.78 is 4.71. The van der Waals surface area contributed by atoms with E-state index in [-0.39, 0.29) is 5.97 Å². The normalized spacial score (nSPS) is 11.4. The Bertz CT molecular complexity index is 229. The summed E-state index contributed by atoms with van der Waals surface area (Å²) in [6.45, 7) is 5.71. The highest BCUT2D eigenvalue weighted by molar-refractivity contribution is 5.82. The van der Waals surface area contributed by atoms with Crippen molar-refractivity contribution in [2.45, 2.75) is 6.92 Å². The third kappa shape index (κ3) is 5.73.